The zero-order valence-electron chi connectivity index (χ0n) is 13.0. The summed E-state index contributed by atoms with van der Waals surface area (Å²) >= 11 is 3.32. The predicted molar refractivity (Wildman–Crippen MR) is 85.6 cm³/mol. The molecule has 2 atom stereocenters. The minimum Gasteiger partial charge on any atom is -0.495 e. The number of carboxylic acid groups (broad SMARTS) is 1. The molecule has 1 aromatic rings. The first kappa shape index (κ1) is 18.3. The molecule has 0 aliphatic heterocycles. The van der Waals surface area contributed by atoms with E-state index in [1.807, 2.05) is 6.92 Å². The summed E-state index contributed by atoms with van der Waals surface area (Å²) in [4.78, 5) is 23.6. The summed E-state index contributed by atoms with van der Waals surface area (Å²) in [5.41, 5.74) is 0.270. The second kappa shape index (κ2) is 8.03. The second-order valence-corrected chi connectivity index (χ2v) is 5.66. The maximum Gasteiger partial charge on any atom is 0.326 e. The predicted octanol–water partition coefficient (Wildman–Crippen LogP) is 2.70. The van der Waals surface area contributed by atoms with Crippen molar-refractivity contribution < 1.29 is 24.2 Å². The molecule has 0 fully saturated rings. The number of nitrogens with one attached hydrogen (secondary N) is 1. The number of amides is 1. The number of rotatable bonds is 7. The minimum absolute atomic E-state index is 0.180. The summed E-state index contributed by atoms with van der Waals surface area (Å²) in [5.74, 6) is -0.865. The number of hydrogen-bond acceptors (Lipinski definition) is 4. The molecule has 1 aromatic carbocycles. The van der Waals surface area contributed by atoms with Gasteiger partial charge in [-0.3, -0.25) is 4.79 Å². The first-order valence-electron chi connectivity index (χ1n) is 6.80. The number of aliphatic carboxylic acids is 1. The summed E-state index contributed by atoms with van der Waals surface area (Å²) in [6, 6.07) is 2.10. The Kier molecular flexibility index (Phi) is 6.67. The van der Waals surface area contributed by atoms with Crippen molar-refractivity contribution in [2.24, 2.45) is 5.92 Å². The Hall–Kier alpha value is -1.76. The van der Waals surface area contributed by atoms with E-state index in [1.54, 1.807) is 6.92 Å². The van der Waals surface area contributed by atoms with Crippen molar-refractivity contribution in [3.8, 4) is 11.5 Å². The Morgan fingerprint density at radius 1 is 1.27 bits per heavy atom. The van der Waals surface area contributed by atoms with Crippen LogP contribution in [0.25, 0.3) is 0 Å². The van der Waals surface area contributed by atoms with Gasteiger partial charge in [-0.15, -0.1) is 0 Å². The van der Waals surface area contributed by atoms with E-state index in [0.29, 0.717) is 22.4 Å². The first-order chi connectivity index (χ1) is 10.3. The summed E-state index contributed by atoms with van der Waals surface area (Å²) in [6.07, 6.45) is 0.643. The van der Waals surface area contributed by atoms with E-state index in [1.165, 1.54) is 26.4 Å². The Bertz CT molecular complexity index is 536. The van der Waals surface area contributed by atoms with Gasteiger partial charge in [0, 0.05) is 5.56 Å². The average Bonchev–Trinajstić information content (AvgIpc) is 2.51. The number of methoxy groups -OCH3 is 2. The molecule has 1 amide bonds. The summed E-state index contributed by atoms with van der Waals surface area (Å²) in [5, 5.41) is 11.8. The van der Waals surface area contributed by atoms with Crippen molar-refractivity contribution in [2.45, 2.75) is 26.3 Å². The molecule has 0 spiro atoms. The van der Waals surface area contributed by atoms with Gasteiger partial charge < -0.3 is 19.9 Å². The maximum absolute atomic E-state index is 12.3. The largest absolute Gasteiger partial charge is 0.495 e. The van der Waals surface area contributed by atoms with Gasteiger partial charge in [0.05, 0.1) is 14.2 Å². The maximum atomic E-state index is 12.3. The standard InChI is InChI=1S/C15H20BrNO5/c1-5-8(2)13(15(19)20)17-14(18)9-6-10(21-3)12(16)11(7-9)22-4/h6-8,13H,5H2,1-4H3,(H,17,18)(H,19,20)/t8-,13-/m0/s1. The van der Waals surface area contributed by atoms with Crippen LogP contribution in [0.2, 0.25) is 0 Å². The van der Waals surface area contributed by atoms with E-state index in [4.69, 9.17) is 9.47 Å². The molecule has 1 rings (SSSR count). The zero-order valence-corrected chi connectivity index (χ0v) is 14.6. The fourth-order valence-corrected chi connectivity index (χ4v) is 2.46. The molecule has 6 nitrogen and oxygen atoms in total. The van der Waals surface area contributed by atoms with Gasteiger partial charge in [0.15, 0.2) is 0 Å². The fraction of sp³-hybridized carbons (Fsp3) is 0.467. The van der Waals surface area contributed by atoms with E-state index in [9.17, 15) is 14.7 Å². The van der Waals surface area contributed by atoms with Gasteiger partial charge in [0.25, 0.3) is 5.91 Å². The fourth-order valence-electron chi connectivity index (χ4n) is 1.91. The van der Waals surface area contributed by atoms with Gasteiger partial charge in [-0.25, -0.2) is 4.79 Å². The van der Waals surface area contributed by atoms with Crippen molar-refractivity contribution in [1.29, 1.82) is 0 Å². The van der Waals surface area contributed by atoms with Crippen molar-refractivity contribution in [2.75, 3.05) is 14.2 Å². The zero-order chi connectivity index (χ0) is 16.9. The molecule has 0 bridgehead atoms. The van der Waals surface area contributed by atoms with Crippen LogP contribution in [0.4, 0.5) is 0 Å². The van der Waals surface area contributed by atoms with Crippen molar-refractivity contribution in [1.82, 2.24) is 5.32 Å². The summed E-state index contributed by atoms with van der Waals surface area (Å²) in [7, 11) is 2.95. The van der Waals surface area contributed by atoms with Crippen LogP contribution >= 0.6 is 15.9 Å². The van der Waals surface area contributed by atoms with Crippen LogP contribution in [0.5, 0.6) is 11.5 Å². The van der Waals surface area contributed by atoms with Gasteiger partial charge in [-0.1, -0.05) is 20.3 Å². The Morgan fingerprint density at radius 2 is 1.77 bits per heavy atom. The number of benzene rings is 1. The molecule has 2 N–H and O–H groups in total. The minimum atomic E-state index is -1.06. The lowest BCUT2D eigenvalue weighted by molar-refractivity contribution is -0.140. The molecule has 0 saturated carbocycles. The molecule has 22 heavy (non-hydrogen) atoms. The monoisotopic (exact) mass is 373 g/mol. The third-order valence-corrected chi connectivity index (χ3v) is 4.26. The number of hydrogen-bond donors (Lipinski definition) is 2. The molecule has 0 heterocycles. The van der Waals surface area contributed by atoms with Crippen molar-refractivity contribution >= 4 is 27.8 Å². The molecule has 0 aliphatic carbocycles. The SMILES string of the molecule is CC[C@H](C)[C@H](NC(=O)c1cc(OC)c(Br)c(OC)c1)C(=O)O. The lowest BCUT2D eigenvalue weighted by atomic mass is 9.99. The molecule has 0 aromatic heterocycles. The van der Waals surface area contributed by atoms with E-state index in [0.717, 1.165) is 0 Å². The molecule has 0 saturated heterocycles. The number of ether oxygens (including phenoxy) is 2. The first-order valence-corrected chi connectivity index (χ1v) is 7.60. The number of halogens is 1. The molecule has 0 unspecified atom stereocenters. The topological polar surface area (TPSA) is 84.9 Å². The van der Waals surface area contributed by atoms with Crippen LogP contribution in [-0.2, 0) is 4.79 Å². The highest BCUT2D eigenvalue weighted by Crippen LogP contribution is 2.35. The van der Waals surface area contributed by atoms with Crippen LogP contribution in [0.1, 0.15) is 30.6 Å². The number of carbonyl (C=O) groups is 2. The smallest absolute Gasteiger partial charge is 0.326 e. The normalized spacial score (nSPS) is 13.1. The lowest BCUT2D eigenvalue weighted by Crippen LogP contribution is -2.45. The number of carboxylic acids is 1. The van der Waals surface area contributed by atoms with Crippen LogP contribution < -0.4 is 14.8 Å². The van der Waals surface area contributed by atoms with Gasteiger partial charge in [-0.2, -0.15) is 0 Å². The van der Waals surface area contributed by atoms with Gasteiger partial charge in [-0.05, 0) is 34.0 Å². The van der Waals surface area contributed by atoms with Crippen LogP contribution in [0, 0.1) is 5.92 Å². The number of carbonyl (C=O) groups excluding carboxylic acids is 1. The average molecular weight is 374 g/mol. The van der Waals surface area contributed by atoms with E-state index < -0.39 is 17.9 Å². The Labute approximate surface area is 137 Å². The van der Waals surface area contributed by atoms with Crippen LogP contribution in [0.15, 0.2) is 16.6 Å². The Balaban J connectivity index is 3.09. The molecule has 0 radical (unpaired) electrons. The highest BCUT2D eigenvalue weighted by molar-refractivity contribution is 9.10. The highest BCUT2D eigenvalue weighted by atomic mass is 79.9. The lowest BCUT2D eigenvalue weighted by Gasteiger charge is -2.20. The summed E-state index contributed by atoms with van der Waals surface area (Å²) < 4.78 is 10.9. The third-order valence-electron chi connectivity index (χ3n) is 3.47. The van der Waals surface area contributed by atoms with Crippen molar-refractivity contribution in [3.63, 3.8) is 0 Å². The highest BCUT2D eigenvalue weighted by Gasteiger charge is 2.26. The Morgan fingerprint density at radius 3 is 2.14 bits per heavy atom. The summed E-state index contributed by atoms with van der Waals surface area (Å²) in [6.45, 7) is 3.65. The molecule has 7 heteroatoms. The van der Waals surface area contributed by atoms with Crippen molar-refractivity contribution in [3.05, 3.63) is 22.2 Å². The van der Waals surface area contributed by atoms with Crippen LogP contribution in [-0.4, -0.2) is 37.2 Å². The quantitative estimate of drug-likeness (QED) is 0.767. The molecule has 0 aliphatic rings. The van der Waals surface area contributed by atoms with Gasteiger partial charge >= 0.3 is 5.97 Å². The van der Waals surface area contributed by atoms with Crippen LogP contribution in [0.3, 0.4) is 0 Å². The molecule has 122 valence electrons. The third kappa shape index (κ3) is 4.13. The van der Waals surface area contributed by atoms with E-state index in [2.05, 4.69) is 21.2 Å². The van der Waals surface area contributed by atoms with E-state index >= 15 is 0 Å². The van der Waals surface area contributed by atoms with E-state index in [-0.39, 0.29) is 11.5 Å². The molecular weight excluding hydrogens is 354 g/mol. The molecular formula is C15H20BrNO5. The second-order valence-electron chi connectivity index (χ2n) is 4.87. The van der Waals surface area contributed by atoms with Gasteiger partial charge in [0.1, 0.15) is 22.0 Å². The van der Waals surface area contributed by atoms with Gasteiger partial charge in [0.2, 0.25) is 0 Å².